The van der Waals surface area contributed by atoms with E-state index in [4.69, 9.17) is 21.1 Å². The Morgan fingerprint density at radius 1 is 1.09 bits per heavy atom. The average Bonchev–Trinajstić information content (AvgIpc) is 3.25. The summed E-state index contributed by atoms with van der Waals surface area (Å²) >= 11 is 5.97. The minimum Gasteiger partial charge on any atom is -0.490 e. The summed E-state index contributed by atoms with van der Waals surface area (Å²) in [5, 5.41) is 3.46. The molecule has 8 nitrogen and oxygen atoms in total. The van der Waals surface area contributed by atoms with E-state index >= 15 is 0 Å². The van der Waals surface area contributed by atoms with E-state index < -0.39 is 0 Å². The van der Waals surface area contributed by atoms with Gasteiger partial charge in [-0.25, -0.2) is 5.43 Å². The van der Waals surface area contributed by atoms with Crippen LogP contribution in [0.1, 0.15) is 25.5 Å². The van der Waals surface area contributed by atoms with Gasteiger partial charge in [0, 0.05) is 30.4 Å². The van der Waals surface area contributed by atoms with Crippen LogP contribution in [0.2, 0.25) is 5.02 Å². The van der Waals surface area contributed by atoms with Gasteiger partial charge in [-0.15, -0.1) is 0 Å². The molecular weight excluding hydrogens is 432 g/mol. The number of rotatable bonds is 9. The highest BCUT2D eigenvalue weighted by atomic mass is 35.5. The number of carbonyl (C=O) groups is 2. The molecular formula is C23H29ClN4O4. The van der Waals surface area contributed by atoms with Gasteiger partial charge in [-0.3, -0.25) is 15.0 Å². The highest BCUT2D eigenvalue weighted by Gasteiger charge is 2.36. The van der Waals surface area contributed by atoms with Gasteiger partial charge in [0.1, 0.15) is 0 Å². The lowest BCUT2D eigenvalue weighted by Gasteiger charge is -2.24. The highest BCUT2D eigenvalue weighted by molar-refractivity contribution is 6.30. The van der Waals surface area contributed by atoms with Crippen LogP contribution < -0.4 is 25.6 Å². The number of carbonyl (C=O) groups excluding carboxylic acids is 2. The molecule has 172 valence electrons. The summed E-state index contributed by atoms with van der Waals surface area (Å²) in [6.45, 7) is 5.17. The topological polar surface area (TPSA) is 91.9 Å². The van der Waals surface area contributed by atoms with E-state index in [0.717, 1.165) is 5.56 Å². The number of anilines is 1. The van der Waals surface area contributed by atoms with Gasteiger partial charge in [0.2, 0.25) is 11.8 Å². The van der Waals surface area contributed by atoms with Crippen LogP contribution in [0, 0.1) is 5.92 Å². The van der Waals surface area contributed by atoms with Crippen molar-refractivity contribution < 1.29 is 19.1 Å². The first-order chi connectivity index (χ1) is 15.4. The molecule has 3 N–H and O–H groups in total. The SMILES string of the molecule is CCOc1ccc(NC(=O)CN(C)C(=O)C2CNNC2c2ccc(Cl)cc2)cc1OCC. The van der Waals surface area contributed by atoms with Gasteiger partial charge in [-0.2, -0.15) is 0 Å². The summed E-state index contributed by atoms with van der Waals surface area (Å²) in [6, 6.07) is 12.4. The predicted molar refractivity (Wildman–Crippen MR) is 124 cm³/mol. The number of amides is 2. The van der Waals surface area contributed by atoms with Gasteiger partial charge < -0.3 is 19.7 Å². The molecule has 3 rings (SSSR count). The molecule has 0 aromatic heterocycles. The standard InChI is InChI=1S/C23H29ClN4O4/c1-4-31-19-11-10-17(12-20(19)32-5-2)26-21(29)14-28(3)23(30)18-13-25-27-22(18)15-6-8-16(24)9-7-15/h6-12,18,22,25,27H,4-5,13-14H2,1-3H3,(H,26,29). The minimum atomic E-state index is -0.344. The van der Waals surface area contributed by atoms with Gasteiger partial charge in [0.15, 0.2) is 11.5 Å². The van der Waals surface area contributed by atoms with Crippen molar-refractivity contribution in [2.24, 2.45) is 5.92 Å². The Morgan fingerprint density at radius 3 is 2.47 bits per heavy atom. The molecule has 1 aliphatic heterocycles. The number of hydrogen-bond acceptors (Lipinski definition) is 6. The molecule has 32 heavy (non-hydrogen) atoms. The Balaban J connectivity index is 1.61. The molecule has 1 heterocycles. The van der Waals surface area contributed by atoms with Crippen LogP contribution >= 0.6 is 11.6 Å². The van der Waals surface area contributed by atoms with Crippen molar-refractivity contribution in [3.05, 3.63) is 53.1 Å². The van der Waals surface area contributed by atoms with E-state index in [1.54, 1.807) is 37.4 Å². The van der Waals surface area contributed by atoms with Crippen molar-refractivity contribution in [3.63, 3.8) is 0 Å². The molecule has 2 amide bonds. The van der Waals surface area contributed by atoms with Crippen LogP contribution in [0.3, 0.4) is 0 Å². The Kier molecular flexibility index (Phi) is 8.33. The highest BCUT2D eigenvalue weighted by Crippen LogP contribution is 2.31. The molecule has 0 spiro atoms. The van der Waals surface area contributed by atoms with Gasteiger partial charge in [0.05, 0.1) is 31.7 Å². The predicted octanol–water partition coefficient (Wildman–Crippen LogP) is 3.00. The number of hydrazine groups is 1. The third-order valence-electron chi connectivity index (χ3n) is 5.11. The second-order valence-electron chi connectivity index (χ2n) is 7.43. The largest absolute Gasteiger partial charge is 0.490 e. The van der Waals surface area contributed by atoms with Crippen molar-refractivity contribution >= 4 is 29.1 Å². The summed E-state index contributed by atoms with van der Waals surface area (Å²) in [7, 11) is 1.63. The zero-order valence-corrected chi connectivity index (χ0v) is 19.2. The van der Waals surface area contributed by atoms with Gasteiger partial charge >= 0.3 is 0 Å². The van der Waals surface area contributed by atoms with E-state index in [9.17, 15) is 9.59 Å². The number of nitrogens with zero attached hydrogens (tertiary/aromatic N) is 1. The fraction of sp³-hybridized carbons (Fsp3) is 0.391. The molecule has 0 bridgehead atoms. The van der Waals surface area contributed by atoms with Gasteiger partial charge in [-0.05, 0) is 43.7 Å². The van der Waals surface area contributed by atoms with Gasteiger partial charge in [-0.1, -0.05) is 23.7 Å². The maximum Gasteiger partial charge on any atom is 0.243 e. The molecule has 1 aliphatic rings. The minimum absolute atomic E-state index is 0.0696. The molecule has 2 aromatic rings. The lowest BCUT2D eigenvalue weighted by Crippen LogP contribution is -2.40. The molecule has 1 saturated heterocycles. The fourth-order valence-corrected chi connectivity index (χ4v) is 3.74. The van der Waals surface area contributed by atoms with Crippen LogP contribution in [-0.2, 0) is 9.59 Å². The summed E-state index contributed by atoms with van der Waals surface area (Å²) in [4.78, 5) is 27.1. The van der Waals surface area contributed by atoms with Crippen molar-refractivity contribution in [1.29, 1.82) is 0 Å². The second-order valence-corrected chi connectivity index (χ2v) is 7.87. The van der Waals surface area contributed by atoms with Crippen LogP contribution in [-0.4, -0.2) is 50.1 Å². The number of hydrogen-bond donors (Lipinski definition) is 3. The normalized spacial score (nSPS) is 17.6. The summed E-state index contributed by atoms with van der Waals surface area (Å²) in [5.41, 5.74) is 7.71. The number of nitrogens with one attached hydrogen (secondary N) is 3. The molecule has 0 radical (unpaired) electrons. The maximum atomic E-state index is 13.0. The number of halogens is 1. The van der Waals surface area contributed by atoms with Gasteiger partial charge in [0.25, 0.3) is 0 Å². The number of ether oxygens (including phenoxy) is 2. The Bertz CT molecular complexity index is 938. The Hall–Kier alpha value is -2.81. The molecule has 0 aliphatic carbocycles. The van der Waals surface area contributed by atoms with Crippen molar-refractivity contribution in [2.75, 3.05) is 38.7 Å². The number of benzene rings is 2. The maximum absolute atomic E-state index is 13.0. The second kappa shape index (κ2) is 11.2. The zero-order chi connectivity index (χ0) is 23.1. The summed E-state index contributed by atoms with van der Waals surface area (Å²) < 4.78 is 11.1. The van der Waals surface area contributed by atoms with E-state index in [1.165, 1.54) is 4.90 Å². The molecule has 0 saturated carbocycles. The lowest BCUT2D eigenvalue weighted by molar-refractivity contribution is -0.136. The van der Waals surface area contributed by atoms with E-state index in [1.807, 2.05) is 26.0 Å². The van der Waals surface area contributed by atoms with Crippen molar-refractivity contribution in [1.82, 2.24) is 15.8 Å². The number of likely N-dealkylation sites (N-methyl/N-ethyl adjacent to an activating group) is 1. The quantitative estimate of drug-likeness (QED) is 0.533. The van der Waals surface area contributed by atoms with Crippen LogP contribution in [0.15, 0.2) is 42.5 Å². The molecule has 9 heteroatoms. The molecule has 2 aromatic carbocycles. The molecule has 2 atom stereocenters. The first kappa shape index (κ1) is 23.8. The van der Waals surface area contributed by atoms with Crippen molar-refractivity contribution in [2.45, 2.75) is 19.9 Å². The molecule has 2 unspecified atom stereocenters. The van der Waals surface area contributed by atoms with E-state index in [0.29, 0.717) is 42.0 Å². The first-order valence-electron chi connectivity index (χ1n) is 10.6. The van der Waals surface area contributed by atoms with E-state index in [2.05, 4.69) is 16.2 Å². The van der Waals surface area contributed by atoms with Crippen LogP contribution in [0.5, 0.6) is 11.5 Å². The summed E-state index contributed by atoms with van der Waals surface area (Å²) in [6.07, 6.45) is 0. The fourth-order valence-electron chi connectivity index (χ4n) is 3.62. The van der Waals surface area contributed by atoms with Crippen LogP contribution in [0.4, 0.5) is 5.69 Å². The average molecular weight is 461 g/mol. The Labute approximate surface area is 193 Å². The van der Waals surface area contributed by atoms with Crippen LogP contribution in [0.25, 0.3) is 0 Å². The Morgan fingerprint density at radius 2 is 1.78 bits per heavy atom. The third-order valence-corrected chi connectivity index (χ3v) is 5.36. The lowest BCUT2D eigenvalue weighted by atomic mass is 9.94. The first-order valence-corrected chi connectivity index (χ1v) is 11.0. The molecule has 1 fully saturated rings. The smallest absolute Gasteiger partial charge is 0.243 e. The summed E-state index contributed by atoms with van der Waals surface area (Å²) in [5.74, 6) is 0.414. The van der Waals surface area contributed by atoms with Crippen molar-refractivity contribution in [3.8, 4) is 11.5 Å². The van der Waals surface area contributed by atoms with E-state index in [-0.39, 0.29) is 30.3 Å². The third kappa shape index (κ3) is 5.91. The zero-order valence-electron chi connectivity index (χ0n) is 18.5. The monoisotopic (exact) mass is 460 g/mol.